The Morgan fingerprint density at radius 2 is 0.806 bits per heavy atom. The van der Waals surface area contributed by atoms with Crippen molar-refractivity contribution in [2.45, 2.75) is 143 Å². The summed E-state index contributed by atoms with van der Waals surface area (Å²) in [7, 11) is 2.56. The fourth-order valence-corrected chi connectivity index (χ4v) is 4.16. The van der Waals surface area contributed by atoms with E-state index in [1.807, 2.05) is 0 Å². The van der Waals surface area contributed by atoms with Gasteiger partial charge in [0.1, 0.15) is 0 Å². The fourth-order valence-electron chi connectivity index (χ4n) is 4.16. The van der Waals surface area contributed by atoms with Crippen molar-refractivity contribution in [2.24, 2.45) is 0 Å². The van der Waals surface area contributed by atoms with E-state index in [0.717, 1.165) is 6.92 Å². The van der Waals surface area contributed by atoms with Gasteiger partial charge in [0.15, 0.2) is 0 Å². The molecule has 0 amide bonds. The average Bonchev–Trinajstić information content (AvgIpc) is 2.76. The first-order chi connectivity index (χ1) is 15.0. The molecule has 0 atom stereocenters. The molecule has 0 radical (unpaired) electrons. The molecule has 0 saturated carbocycles. The summed E-state index contributed by atoms with van der Waals surface area (Å²) in [5, 5.41) is 8.78. The quantitative estimate of drug-likeness (QED) is 0.0807. The van der Waals surface area contributed by atoms with E-state index >= 15 is 0 Å². The minimum atomic E-state index is -0.801. The lowest BCUT2D eigenvalue weighted by atomic mass is 10.1. The molecule has 0 aliphatic carbocycles. The van der Waals surface area contributed by atoms with E-state index in [1.54, 1.807) is 0 Å². The lowest BCUT2D eigenvalue weighted by Gasteiger charge is -2.35. The Labute approximate surface area is 195 Å². The fraction of sp³-hybridized carbons (Fsp3) is 0.963. The van der Waals surface area contributed by atoms with Crippen molar-refractivity contribution in [2.75, 3.05) is 26.7 Å². The van der Waals surface area contributed by atoms with E-state index < -0.39 is 5.97 Å². The minimum absolute atomic E-state index is 0.801. The number of hydrogen-bond donors (Lipinski definition) is 0. The largest absolute Gasteiger partial charge is 0.662 e. The summed E-state index contributed by atoms with van der Waals surface area (Å²) >= 11 is 0. The van der Waals surface area contributed by atoms with Crippen LogP contribution in [0.1, 0.15) is 143 Å². The summed E-state index contributed by atoms with van der Waals surface area (Å²) in [6.45, 7) is 12.3. The maximum Gasteiger partial charge on any atom is 0.296 e. The van der Waals surface area contributed by atoms with Gasteiger partial charge in [-0.2, -0.15) is 0 Å². The number of unbranched alkanes of at least 4 members (excludes halogenated alkanes) is 15. The highest BCUT2D eigenvalue weighted by atomic mass is 17.1. The molecule has 0 heterocycles. The monoisotopic (exact) mass is 443 g/mol. The Morgan fingerprint density at radius 1 is 0.581 bits per heavy atom. The highest BCUT2D eigenvalue weighted by molar-refractivity contribution is 5.64. The molecule has 0 aliphatic heterocycles. The van der Waals surface area contributed by atoms with Gasteiger partial charge in [0.2, 0.25) is 0 Å². The summed E-state index contributed by atoms with van der Waals surface area (Å²) in [6, 6.07) is 0. The molecule has 0 aromatic rings. The van der Waals surface area contributed by atoms with Crippen LogP contribution in [0.3, 0.4) is 0 Å². The first-order valence-electron chi connectivity index (χ1n) is 13.6. The minimum Gasteiger partial charge on any atom is -0.662 e. The molecule has 0 fully saturated rings. The molecule has 4 nitrogen and oxygen atoms in total. The van der Waals surface area contributed by atoms with Crippen LogP contribution in [0.15, 0.2) is 0 Å². The normalized spacial score (nSPS) is 11.2. The van der Waals surface area contributed by atoms with E-state index in [-0.39, 0.29) is 0 Å². The molecule has 0 N–H and O–H groups in total. The topological polar surface area (TPSA) is 49.4 Å². The highest BCUT2D eigenvalue weighted by Gasteiger charge is 2.20. The molecule has 0 spiro atoms. The number of nitrogens with zero attached hydrogens (tertiary/aromatic N) is 1. The average molecular weight is 444 g/mol. The number of rotatable bonds is 21. The van der Waals surface area contributed by atoms with Crippen molar-refractivity contribution in [3.8, 4) is 0 Å². The van der Waals surface area contributed by atoms with Gasteiger partial charge in [0.25, 0.3) is 5.97 Å². The van der Waals surface area contributed by atoms with Gasteiger partial charge in [-0.3, -0.25) is 4.79 Å². The molecule has 188 valence electrons. The van der Waals surface area contributed by atoms with Crippen LogP contribution < -0.4 is 5.26 Å². The van der Waals surface area contributed by atoms with Crippen molar-refractivity contribution in [1.29, 1.82) is 0 Å². The van der Waals surface area contributed by atoms with Crippen LogP contribution in [-0.2, 0) is 9.68 Å². The van der Waals surface area contributed by atoms with Gasteiger partial charge in [-0.05, 0) is 38.5 Å². The van der Waals surface area contributed by atoms with Crippen LogP contribution in [-0.4, -0.2) is 37.1 Å². The molecule has 31 heavy (non-hydrogen) atoms. The SMILES string of the molecule is CC(=O)O[O-].CCCCCCCC[N+](C)(CCCCCCCC)CCCCCCCC. The first-order valence-corrected chi connectivity index (χ1v) is 13.6. The number of carbonyl (C=O) groups excluding carboxylic acids is 1. The second-order valence-corrected chi connectivity index (χ2v) is 9.67. The van der Waals surface area contributed by atoms with Crippen LogP contribution in [0.2, 0.25) is 0 Å². The second-order valence-electron chi connectivity index (χ2n) is 9.67. The summed E-state index contributed by atoms with van der Waals surface area (Å²) < 4.78 is 1.36. The summed E-state index contributed by atoms with van der Waals surface area (Å²) in [5.74, 6) is -0.801. The van der Waals surface area contributed by atoms with Crippen molar-refractivity contribution >= 4 is 5.97 Å². The van der Waals surface area contributed by atoms with Crippen molar-refractivity contribution in [3.05, 3.63) is 0 Å². The third kappa shape index (κ3) is 27.4. The van der Waals surface area contributed by atoms with Crippen LogP contribution in [0, 0.1) is 0 Å². The smallest absolute Gasteiger partial charge is 0.296 e. The maximum atomic E-state index is 9.28. The molecule has 4 heteroatoms. The molecule has 0 saturated heterocycles. The van der Waals surface area contributed by atoms with E-state index in [0.29, 0.717) is 0 Å². The third-order valence-corrected chi connectivity index (χ3v) is 6.27. The number of quaternary nitrogens is 1. The van der Waals surface area contributed by atoms with Crippen LogP contribution in [0.4, 0.5) is 0 Å². The van der Waals surface area contributed by atoms with Gasteiger partial charge >= 0.3 is 0 Å². The van der Waals surface area contributed by atoms with Gasteiger partial charge < -0.3 is 14.6 Å². The van der Waals surface area contributed by atoms with E-state index in [9.17, 15) is 4.79 Å². The lowest BCUT2D eigenvalue weighted by molar-refractivity contribution is -0.910. The Kier molecular flexibility index (Phi) is 26.9. The molecular formula is C27H57NO3. The van der Waals surface area contributed by atoms with Gasteiger partial charge in [-0.1, -0.05) is 97.8 Å². The van der Waals surface area contributed by atoms with Gasteiger partial charge in [-0.15, -0.1) is 0 Å². The Hall–Kier alpha value is -0.610. The zero-order valence-corrected chi connectivity index (χ0v) is 22.0. The van der Waals surface area contributed by atoms with Crippen LogP contribution >= 0.6 is 0 Å². The molecule has 0 unspecified atom stereocenters. The van der Waals surface area contributed by atoms with Crippen molar-refractivity contribution in [3.63, 3.8) is 0 Å². The van der Waals surface area contributed by atoms with E-state index in [4.69, 9.17) is 5.26 Å². The molecule has 0 bridgehead atoms. The number of hydrogen-bond acceptors (Lipinski definition) is 3. The van der Waals surface area contributed by atoms with Gasteiger partial charge in [0.05, 0.1) is 26.7 Å². The Balaban J connectivity index is 0. The van der Waals surface area contributed by atoms with Crippen molar-refractivity contribution < 1.29 is 19.4 Å². The second kappa shape index (κ2) is 25.6. The third-order valence-electron chi connectivity index (χ3n) is 6.27. The molecule has 0 aromatic carbocycles. The van der Waals surface area contributed by atoms with E-state index in [2.05, 4.69) is 32.7 Å². The first kappa shape index (κ1) is 32.6. The standard InChI is InChI=1S/C25H54N.C2H4O3/c1-5-8-11-14-17-20-23-26(4,24-21-18-15-12-9-6-2)25-22-19-16-13-10-7-3;1-2(3)5-4/h5-25H2,1-4H3;4H,1H3/q+1;/p-1. The van der Waals surface area contributed by atoms with Crippen molar-refractivity contribution in [1.82, 2.24) is 0 Å². The van der Waals surface area contributed by atoms with Gasteiger partial charge in [-0.25, -0.2) is 0 Å². The summed E-state index contributed by atoms with van der Waals surface area (Å²) in [4.78, 5) is 12.1. The molecule has 0 aromatic heterocycles. The Morgan fingerprint density at radius 3 is 1.03 bits per heavy atom. The molecule has 0 aliphatic rings. The zero-order valence-electron chi connectivity index (χ0n) is 22.0. The van der Waals surface area contributed by atoms with Crippen LogP contribution in [0.5, 0.6) is 0 Å². The van der Waals surface area contributed by atoms with E-state index in [1.165, 1.54) is 140 Å². The predicted molar refractivity (Wildman–Crippen MR) is 133 cm³/mol. The highest BCUT2D eigenvalue weighted by Crippen LogP contribution is 2.16. The predicted octanol–water partition coefficient (Wildman–Crippen LogP) is 7.34. The summed E-state index contributed by atoms with van der Waals surface area (Å²) in [5.41, 5.74) is 0. The molecule has 0 rings (SSSR count). The van der Waals surface area contributed by atoms with Crippen LogP contribution in [0.25, 0.3) is 0 Å². The molecular weight excluding hydrogens is 386 g/mol. The lowest BCUT2D eigenvalue weighted by Crippen LogP contribution is -2.46. The van der Waals surface area contributed by atoms with Gasteiger partial charge in [0, 0.05) is 6.92 Å². The number of carbonyl (C=O) groups is 1. The Bertz CT molecular complexity index is 320. The maximum absolute atomic E-state index is 9.28. The summed E-state index contributed by atoms with van der Waals surface area (Å²) in [6.07, 6.45) is 25.9. The zero-order chi connectivity index (χ0) is 23.6.